The number of carbonyl (C=O) groups excluding carboxylic acids is 1. The van der Waals surface area contributed by atoms with Crippen LogP contribution in [0.5, 0.6) is 0 Å². The highest BCUT2D eigenvalue weighted by molar-refractivity contribution is 7.17. The number of amides is 1. The predicted molar refractivity (Wildman–Crippen MR) is 90.6 cm³/mol. The van der Waals surface area contributed by atoms with Gasteiger partial charge in [0.1, 0.15) is 21.7 Å². The van der Waals surface area contributed by atoms with Crippen molar-refractivity contribution in [1.82, 2.24) is 10.3 Å². The Hall–Kier alpha value is -2.28. The molecule has 0 bridgehead atoms. The SMILES string of the molecule is Cc1nc(-c2ccc(F)cc2)sc1C(=O)NC(CC(C)C)C(=O)O. The number of rotatable bonds is 6. The van der Waals surface area contributed by atoms with Crippen LogP contribution in [0.3, 0.4) is 0 Å². The molecule has 0 aliphatic carbocycles. The molecule has 2 N–H and O–H groups in total. The predicted octanol–water partition coefficient (Wildman–Crippen LogP) is 3.49. The third-order valence-corrected chi connectivity index (χ3v) is 4.61. The van der Waals surface area contributed by atoms with Gasteiger partial charge in [-0.2, -0.15) is 0 Å². The zero-order valence-corrected chi connectivity index (χ0v) is 14.5. The molecule has 0 fully saturated rings. The number of carboxylic acids is 1. The Morgan fingerprint density at radius 1 is 1.29 bits per heavy atom. The number of thiazole rings is 1. The number of nitrogens with one attached hydrogen (secondary N) is 1. The van der Waals surface area contributed by atoms with Crippen LogP contribution in [0.15, 0.2) is 24.3 Å². The second kappa shape index (κ2) is 7.53. The molecule has 0 saturated heterocycles. The molecule has 1 aromatic heterocycles. The second-order valence-electron chi connectivity index (χ2n) is 5.93. The molecule has 7 heteroatoms. The second-order valence-corrected chi connectivity index (χ2v) is 6.93. The molecule has 2 aromatic rings. The highest BCUT2D eigenvalue weighted by Crippen LogP contribution is 2.28. The third-order valence-electron chi connectivity index (χ3n) is 3.40. The fourth-order valence-electron chi connectivity index (χ4n) is 2.24. The van der Waals surface area contributed by atoms with Gasteiger partial charge in [-0.25, -0.2) is 14.2 Å². The van der Waals surface area contributed by atoms with Crippen molar-refractivity contribution in [3.63, 3.8) is 0 Å². The number of hydrogen-bond acceptors (Lipinski definition) is 4. The van der Waals surface area contributed by atoms with E-state index in [0.29, 0.717) is 27.6 Å². The number of carboxylic acid groups (broad SMARTS) is 1. The average Bonchev–Trinajstić information content (AvgIpc) is 2.88. The van der Waals surface area contributed by atoms with Crippen molar-refractivity contribution in [2.45, 2.75) is 33.2 Å². The molecule has 1 amide bonds. The van der Waals surface area contributed by atoms with Gasteiger partial charge in [-0.3, -0.25) is 4.79 Å². The van der Waals surface area contributed by atoms with Gasteiger partial charge in [0, 0.05) is 5.56 Å². The van der Waals surface area contributed by atoms with Crippen LogP contribution in [0.2, 0.25) is 0 Å². The Bertz CT molecular complexity index is 741. The summed E-state index contributed by atoms with van der Waals surface area (Å²) in [5.41, 5.74) is 1.23. The van der Waals surface area contributed by atoms with E-state index in [9.17, 15) is 19.1 Å². The number of halogens is 1. The topological polar surface area (TPSA) is 79.3 Å². The fourth-order valence-corrected chi connectivity index (χ4v) is 3.21. The summed E-state index contributed by atoms with van der Waals surface area (Å²) in [7, 11) is 0. The Morgan fingerprint density at radius 2 is 1.92 bits per heavy atom. The molecule has 0 aliphatic heterocycles. The van der Waals surface area contributed by atoms with Crippen LogP contribution in [0.1, 0.15) is 35.6 Å². The molecule has 1 atom stereocenters. The monoisotopic (exact) mass is 350 g/mol. The van der Waals surface area contributed by atoms with Gasteiger partial charge in [0.25, 0.3) is 5.91 Å². The first kappa shape index (κ1) is 18.1. The van der Waals surface area contributed by atoms with Crippen molar-refractivity contribution in [3.8, 4) is 10.6 Å². The average molecular weight is 350 g/mol. The summed E-state index contributed by atoms with van der Waals surface area (Å²) in [5.74, 6) is -1.71. The lowest BCUT2D eigenvalue weighted by molar-refractivity contribution is -0.139. The largest absolute Gasteiger partial charge is 0.480 e. The lowest BCUT2D eigenvalue weighted by atomic mass is 10.0. The third kappa shape index (κ3) is 4.38. The molecule has 2 rings (SSSR count). The zero-order chi connectivity index (χ0) is 17.9. The van der Waals surface area contributed by atoms with Gasteiger partial charge in [0.15, 0.2) is 0 Å². The van der Waals surface area contributed by atoms with E-state index >= 15 is 0 Å². The zero-order valence-electron chi connectivity index (χ0n) is 13.7. The Kier molecular flexibility index (Phi) is 5.66. The van der Waals surface area contributed by atoms with Crippen LogP contribution >= 0.6 is 11.3 Å². The molecular weight excluding hydrogens is 331 g/mol. The maximum Gasteiger partial charge on any atom is 0.326 e. The lowest BCUT2D eigenvalue weighted by Crippen LogP contribution is -2.41. The van der Waals surface area contributed by atoms with Crippen LogP contribution in [-0.4, -0.2) is 28.0 Å². The quantitative estimate of drug-likeness (QED) is 0.836. The number of benzene rings is 1. The Labute approximate surface area is 143 Å². The van der Waals surface area contributed by atoms with Crippen molar-refractivity contribution in [2.24, 2.45) is 5.92 Å². The van der Waals surface area contributed by atoms with Crippen LogP contribution in [0.25, 0.3) is 10.6 Å². The van der Waals surface area contributed by atoms with E-state index in [0.717, 1.165) is 11.3 Å². The van der Waals surface area contributed by atoms with Crippen LogP contribution in [-0.2, 0) is 4.79 Å². The Morgan fingerprint density at radius 3 is 2.46 bits per heavy atom. The van der Waals surface area contributed by atoms with E-state index in [1.807, 2.05) is 13.8 Å². The summed E-state index contributed by atoms with van der Waals surface area (Å²) in [6, 6.07) is 4.90. The minimum absolute atomic E-state index is 0.142. The molecule has 0 saturated carbocycles. The van der Waals surface area contributed by atoms with Gasteiger partial charge in [-0.15, -0.1) is 11.3 Å². The van der Waals surface area contributed by atoms with Crippen molar-refractivity contribution in [3.05, 3.63) is 40.7 Å². The molecule has 1 aromatic carbocycles. The maximum atomic E-state index is 13.0. The molecule has 1 heterocycles. The summed E-state index contributed by atoms with van der Waals surface area (Å²) in [5, 5.41) is 12.4. The molecule has 128 valence electrons. The van der Waals surface area contributed by atoms with Crippen molar-refractivity contribution < 1.29 is 19.1 Å². The normalized spacial score (nSPS) is 12.2. The van der Waals surface area contributed by atoms with Gasteiger partial charge in [0.05, 0.1) is 5.69 Å². The molecule has 0 spiro atoms. The lowest BCUT2D eigenvalue weighted by Gasteiger charge is -2.15. The number of hydrogen-bond donors (Lipinski definition) is 2. The Balaban J connectivity index is 2.21. The summed E-state index contributed by atoms with van der Waals surface area (Å²) in [4.78, 5) is 28.4. The van der Waals surface area contributed by atoms with Crippen molar-refractivity contribution in [2.75, 3.05) is 0 Å². The van der Waals surface area contributed by atoms with Crippen LogP contribution in [0, 0.1) is 18.7 Å². The maximum absolute atomic E-state index is 13.0. The first-order valence-electron chi connectivity index (χ1n) is 7.55. The standard InChI is InChI=1S/C17H19FN2O3S/c1-9(2)8-13(17(22)23)20-15(21)14-10(3)19-16(24-14)11-4-6-12(18)7-5-11/h4-7,9,13H,8H2,1-3H3,(H,20,21)(H,22,23). The van der Waals surface area contributed by atoms with E-state index in [4.69, 9.17) is 0 Å². The van der Waals surface area contributed by atoms with Gasteiger partial charge < -0.3 is 10.4 Å². The molecule has 1 unspecified atom stereocenters. The highest BCUT2D eigenvalue weighted by atomic mass is 32.1. The highest BCUT2D eigenvalue weighted by Gasteiger charge is 2.24. The number of aliphatic carboxylic acids is 1. The molecule has 0 radical (unpaired) electrons. The molecule has 24 heavy (non-hydrogen) atoms. The first-order valence-corrected chi connectivity index (χ1v) is 8.36. The first-order chi connectivity index (χ1) is 11.3. The van der Waals surface area contributed by atoms with Crippen LogP contribution in [0.4, 0.5) is 4.39 Å². The van der Waals surface area contributed by atoms with Crippen molar-refractivity contribution in [1.29, 1.82) is 0 Å². The van der Waals surface area contributed by atoms with Gasteiger partial charge in [0.2, 0.25) is 0 Å². The molecule has 0 aliphatic rings. The summed E-state index contributed by atoms with van der Waals surface area (Å²) >= 11 is 1.16. The number of nitrogens with zero attached hydrogens (tertiary/aromatic N) is 1. The van der Waals surface area contributed by atoms with E-state index in [1.165, 1.54) is 12.1 Å². The summed E-state index contributed by atoms with van der Waals surface area (Å²) in [6.07, 6.45) is 0.351. The van der Waals surface area contributed by atoms with E-state index in [-0.39, 0.29) is 11.7 Å². The van der Waals surface area contributed by atoms with E-state index < -0.39 is 17.9 Å². The smallest absolute Gasteiger partial charge is 0.326 e. The van der Waals surface area contributed by atoms with Gasteiger partial charge in [-0.05, 0) is 43.5 Å². The van der Waals surface area contributed by atoms with E-state index in [1.54, 1.807) is 19.1 Å². The summed E-state index contributed by atoms with van der Waals surface area (Å²) in [6.45, 7) is 5.48. The van der Waals surface area contributed by atoms with Crippen molar-refractivity contribution >= 4 is 23.2 Å². The van der Waals surface area contributed by atoms with Gasteiger partial charge in [-0.1, -0.05) is 13.8 Å². The number of aromatic nitrogens is 1. The van der Waals surface area contributed by atoms with Crippen LogP contribution < -0.4 is 5.32 Å². The minimum Gasteiger partial charge on any atom is -0.480 e. The number of carbonyl (C=O) groups is 2. The minimum atomic E-state index is -1.06. The molecule has 5 nitrogen and oxygen atoms in total. The number of aryl methyl sites for hydroxylation is 1. The van der Waals surface area contributed by atoms with Gasteiger partial charge >= 0.3 is 5.97 Å². The van der Waals surface area contributed by atoms with E-state index in [2.05, 4.69) is 10.3 Å². The molecular formula is C17H19FN2O3S. The fraction of sp³-hybridized carbons (Fsp3) is 0.353. The summed E-state index contributed by atoms with van der Waals surface area (Å²) < 4.78 is 13.0.